The third-order valence-corrected chi connectivity index (χ3v) is 6.00. The number of nitrogens with one attached hydrogen (secondary N) is 1. The summed E-state index contributed by atoms with van der Waals surface area (Å²) in [6.45, 7) is 0. The average molecular weight is 561 g/mol. The van der Waals surface area contributed by atoms with Gasteiger partial charge >= 0.3 is 6.18 Å². The van der Waals surface area contributed by atoms with Crippen LogP contribution < -0.4 is 5.32 Å². The molecular formula is C25H16F5N5O3S. The van der Waals surface area contributed by atoms with Gasteiger partial charge in [0, 0.05) is 23.3 Å². The fourth-order valence-electron chi connectivity index (χ4n) is 3.29. The van der Waals surface area contributed by atoms with Crippen LogP contribution in [0.4, 0.5) is 33.6 Å². The number of pyridine rings is 2. The molecule has 39 heavy (non-hydrogen) atoms. The summed E-state index contributed by atoms with van der Waals surface area (Å²) in [5.41, 5.74) is -1.33. The Kier molecular flexibility index (Phi) is 7.78. The molecule has 0 unspecified atom stereocenters. The quantitative estimate of drug-likeness (QED) is 0.201. The smallest absolute Gasteiger partial charge is 0.322 e. The van der Waals surface area contributed by atoms with E-state index in [2.05, 4.69) is 25.3 Å². The molecule has 3 aromatic heterocycles. The second kappa shape index (κ2) is 11.0. The maximum atomic E-state index is 14.9. The highest BCUT2D eigenvalue weighted by atomic mass is 32.2. The van der Waals surface area contributed by atoms with Gasteiger partial charge < -0.3 is 5.32 Å². The van der Waals surface area contributed by atoms with Gasteiger partial charge in [-0.1, -0.05) is 30.3 Å². The molecule has 0 amide bonds. The van der Waals surface area contributed by atoms with Gasteiger partial charge in [0.25, 0.3) is 10.1 Å². The first-order valence-electron chi connectivity index (χ1n) is 10.8. The largest absolute Gasteiger partial charge is 0.417 e. The second-order valence-electron chi connectivity index (χ2n) is 7.73. The van der Waals surface area contributed by atoms with Crippen LogP contribution in [-0.4, -0.2) is 32.9 Å². The molecule has 3 heterocycles. The number of nitrogens with zero attached hydrogens (tertiary/aromatic N) is 4. The number of fused-ring (bicyclic) bond motifs is 1. The lowest BCUT2D eigenvalue weighted by Crippen LogP contribution is -2.07. The Labute approximate surface area is 218 Å². The van der Waals surface area contributed by atoms with Crippen LogP contribution in [0.15, 0.2) is 90.3 Å². The lowest BCUT2D eigenvalue weighted by atomic mass is 10.1. The number of hydrogen-bond donors (Lipinski definition) is 2. The number of anilines is 2. The number of halogens is 5. The SMILES string of the molecule is Fc1c(Nc2ccc(C(F)(F)F)cn2)ncnc1-c1ccc2cccnc2c1F.O=S(=O)(O)c1ccccc1. The Hall–Kier alpha value is -4.56. The van der Waals surface area contributed by atoms with E-state index in [-0.39, 0.29) is 33.3 Å². The van der Waals surface area contributed by atoms with Gasteiger partial charge in [0.05, 0.1) is 10.5 Å². The first-order chi connectivity index (χ1) is 18.4. The zero-order valence-corrected chi connectivity index (χ0v) is 20.3. The maximum Gasteiger partial charge on any atom is 0.417 e. The number of rotatable bonds is 4. The molecule has 2 aromatic carbocycles. The molecule has 2 N–H and O–H groups in total. The van der Waals surface area contributed by atoms with Crippen molar-refractivity contribution in [1.82, 2.24) is 19.9 Å². The van der Waals surface area contributed by atoms with E-state index < -0.39 is 33.5 Å². The van der Waals surface area contributed by atoms with Crippen LogP contribution in [0.25, 0.3) is 22.2 Å². The summed E-state index contributed by atoms with van der Waals surface area (Å²) in [5, 5.41) is 3.01. The Balaban J connectivity index is 0.000000298. The van der Waals surface area contributed by atoms with Crippen LogP contribution >= 0.6 is 0 Å². The third-order valence-electron chi connectivity index (χ3n) is 5.14. The van der Waals surface area contributed by atoms with E-state index in [1.807, 2.05) is 0 Å². The standard InChI is InChI=1S/C19H10F5N5.C6H6O3S/c20-14-12(5-3-10-2-1-7-25-16(10)14)17-15(21)18(28-9-27-17)29-13-6-4-11(8-26-13)19(22,23)24;7-10(8,9)6-4-2-1-3-5-6/h1-9H,(H,26,27,28,29);1-5H,(H,7,8,9). The van der Waals surface area contributed by atoms with E-state index in [1.54, 1.807) is 36.4 Å². The Bertz CT molecular complexity index is 1720. The van der Waals surface area contributed by atoms with Gasteiger partial charge in [0.1, 0.15) is 23.4 Å². The van der Waals surface area contributed by atoms with Crippen LogP contribution in [0, 0.1) is 11.6 Å². The van der Waals surface area contributed by atoms with Crippen LogP contribution in [0.5, 0.6) is 0 Å². The van der Waals surface area contributed by atoms with E-state index in [0.29, 0.717) is 11.6 Å². The highest BCUT2D eigenvalue weighted by Gasteiger charge is 2.30. The van der Waals surface area contributed by atoms with Crippen molar-refractivity contribution < 1.29 is 34.9 Å². The zero-order valence-electron chi connectivity index (χ0n) is 19.4. The summed E-state index contributed by atoms with van der Waals surface area (Å²) in [4.78, 5) is 15.0. The van der Waals surface area contributed by atoms with Crippen LogP contribution in [-0.2, 0) is 16.3 Å². The predicted molar refractivity (Wildman–Crippen MR) is 131 cm³/mol. The van der Waals surface area contributed by atoms with Gasteiger partial charge in [-0.2, -0.15) is 21.6 Å². The minimum Gasteiger partial charge on any atom is -0.322 e. The molecule has 5 rings (SSSR count). The Morgan fingerprint density at radius 2 is 1.54 bits per heavy atom. The average Bonchev–Trinajstić information content (AvgIpc) is 2.91. The summed E-state index contributed by atoms with van der Waals surface area (Å²) in [6, 6.07) is 15.5. The molecule has 14 heteroatoms. The molecule has 0 atom stereocenters. The molecule has 0 aliphatic heterocycles. The van der Waals surface area contributed by atoms with E-state index >= 15 is 0 Å². The molecule has 0 spiro atoms. The molecule has 5 aromatic rings. The molecule has 0 bridgehead atoms. The van der Waals surface area contributed by atoms with Crippen molar-refractivity contribution in [3.8, 4) is 11.3 Å². The molecule has 0 radical (unpaired) electrons. The van der Waals surface area contributed by atoms with Gasteiger partial charge in [0.2, 0.25) is 0 Å². The van der Waals surface area contributed by atoms with E-state index in [0.717, 1.165) is 18.5 Å². The highest BCUT2D eigenvalue weighted by Crippen LogP contribution is 2.32. The third kappa shape index (κ3) is 6.48. The Morgan fingerprint density at radius 1 is 0.795 bits per heavy atom. The van der Waals surface area contributed by atoms with Gasteiger partial charge in [-0.25, -0.2) is 23.7 Å². The van der Waals surface area contributed by atoms with Crippen LogP contribution in [0.1, 0.15) is 5.56 Å². The molecule has 0 saturated carbocycles. The molecular weight excluding hydrogens is 545 g/mol. The summed E-state index contributed by atoms with van der Waals surface area (Å²) in [6.07, 6.45) is -1.51. The number of hydrogen-bond acceptors (Lipinski definition) is 7. The van der Waals surface area contributed by atoms with Gasteiger partial charge in [-0.15, -0.1) is 0 Å². The minimum atomic E-state index is -4.54. The molecule has 0 aliphatic rings. The molecule has 200 valence electrons. The van der Waals surface area contributed by atoms with Crippen LogP contribution in [0.2, 0.25) is 0 Å². The molecule has 8 nitrogen and oxygen atoms in total. The Morgan fingerprint density at radius 3 is 2.15 bits per heavy atom. The van der Waals surface area contributed by atoms with E-state index in [9.17, 15) is 30.4 Å². The summed E-state index contributed by atoms with van der Waals surface area (Å²) in [7, 11) is -4.00. The van der Waals surface area contributed by atoms with Crippen molar-refractivity contribution in [3.63, 3.8) is 0 Å². The minimum absolute atomic E-state index is 0.0573. The fraction of sp³-hybridized carbons (Fsp3) is 0.0400. The normalized spacial score (nSPS) is 11.5. The molecule has 0 fully saturated rings. The number of benzene rings is 2. The zero-order chi connectivity index (χ0) is 28.2. The fourth-order valence-corrected chi connectivity index (χ4v) is 3.79. The molecule has 0 aliphatic carbocycles. The van der Waals surface area contributed by atoms with Crippen molar-refractivity contribution >= 4 is 32.7 Å². The summed E-state index contributed by atoms with van der Waals surface area (Å²) < 4.78 is 96.8. The van der Waals surface area contributed by atoms with Crippen LogP contribution in [0.3, 0.4) is 0 Å². The first-order valence-corrected chi connectivity index (χ1v) is 12.3. The van der Waals surface area contributed by atoms with Gasteiger partial charge in [0.15, 0.2) is 17.5 Å². The molecule has 0 saturated heterocycles. The lowest BCUT2D eigenvalue weighted by Gasteiger charge is -2.11. The van der Waals surface area contributed by atoms with Gasteiger partial charge in [-0.3, -0.25) is 9.54 Å². The summed E-state index contributed by atoms with van der Waals surface area (Å²) in [5.74, 6) is -2.16. The summed E-state index contributed by atoms with van der Waals surface area (Å²) >= 11 is 0. The van der Waals surface area contributed by atoms with Gasteiger partial charge in [-0.05, 0) is 36.4 Å². The van der Waals surface area contributed by atoms with E-state index in [1.165, 1.54) is 24.4 Å². The number of alkyl halides is 3. The second-order valence-corrected chi connectivity index (χ2v) is 9.15. The van der Waals surface area contributed by atoms with Crippen molar-refractivity contribution in [2.45, 2.75) is 11.1 Å². The van der Waals surface area contributed by atoms with Crippen molar-refractivity contribution in [2.75, 3.05) is 5.32 Å². The monoisotopic (exact) mass is 561 g/mol. The number of aromatic nitrogens is 4. The van der Waals surface area contributed by atoms with Crippen molar-refractivity contribution in [2.24, 2.45) is 0 Å². The van der Waals surface area contributed by atoms with E-state index in [4.69, 9.17) is 4.55 Å². The highest BCUT2D eigenvalue weighted by molar-refractivity contribution is 7.85. The predicted octanol–water partition coefficient (Wildman–Crippen LogP) is 6.06. The lowest BCUT2D eigenvalue weighted by molar-refractivity contribution is -0.137. The first kappa shape index (κ1) is 27.5. The van der Waals surface area contributed by atoms with Crippen molar-refractivity contribution in [3.05, 3.63) is 103 Å². The topological polar surface area (TPSA) is 118 Å². The maximum absolute atomic E-state index is 14.9. The van der Waals surface area contributed by atoms with Crippen molar-refractivity contribution in [1.29, 1.82) is 0 Å².